The molecule has 1 N–H and O–H groups in total. The highest BCUT2D eigenvalue weighted by molar-refractivity contribution is 6.10. The quantitative estimate of drug-likeness (QED) is 0.836. The van der Waals surface area contributed by atoms with Crippen molar-refractivity contribution in [3.63, 3.8) is 0 Å². The number of halogens is 1. The molecule has 6 nitrogen and oxygen atoms in total. The molecule has 0 saturated carbocycles. The molecule has 26 heavy (non-hydrogen) atoms. The van der Waals surface area contributed by atoms with E-state index in [9.17, 15) is 18.8 Å². The molecule has 2 saturated heterocycles. The number of rotatable bonds is 2. The van der Waals surface area contributed by atoms with Gasteiger partial charge in [-0.15, -0.1) is 0 Å². The Bertz CT molecular complexity index is 852. The van der Waals surface area contributed by atoms with Crippen molar-refractivity contribution in [1.29, 1.82) is 0 Å². The van der Waals surface area contributed by atoms with Gasteiger partial charge in [0.15, 0.2) is 5.76 Å². The smallest absolute Gasteiger partial charge is 0.289 e. The van der Waals surface area contributed by atoms with Crippen molar-refractivity contribution in [2.75, 3.05) is 13.1 Å². The molecule has 1 spiro atoms. The molecule has 7 heteroatoms. The summed E-state index contributed by atoms with van der Waals surface area (Å²) < 4.78 is 18.4. The number of nitrogens with zero attached hydrogens (tertiary/aromatic N) is 1. The van der Waals surface area contributed by atoms with Crippen molar-refractivity contribution in [2.45, 2.75) is 18.8 Å². The van der Waals surface area contributed by atoms with Gasteiger partial charge < -0.3 is 9.32 Å². The van der Waals surface area contributed by atoms with Gasteiger partial charge in [-0.1, -0.05) is 12.1 Å². The number of piperidine rings is 1. The lowest BCUT2D eigenvalue weighted by Gasteiger charge is -2.39. The lowest BCUT2D eigenvalue weighted by Crippen LogP contribution is -2.47. The Balaban J connectivity index is 1.59. The highest BCUT2D eigenvalue weighted by atomic mass is 19.1. The first-order valence-electron chi connectivity index (χ1n) is 8.45. The van der Waals surface area contributed by atoms with E-state index in [0.29, 0.717) is 31.5 Å². The summed E-state index contributed by atoms with van der Waals surface area (Å²) in [5.41, 5.74) is -0.296. The van der Waals surface area contributed by atoms with Crippen molar-refractivity contribution in [2.24, 2.45) is 5.41 Å². The average molecular weight is 356 g/mol. The predicted molar refractivity (Wildman–Crippen MR) is 88.6 cm³/mol. The SMILES string of the molecule is O=C1NC(=O)C2(CCN(C(=O)c3ccco3)CC2)C1c1ccc(F)cc1. The second-order valence-electron chi connectivity index (χ2n) is 6.73. The molecule has 2 aliphatic rings. The molecule has 0 aliphatic carbocycles. The van der Waals surface area contributed by atoms with Crippen molar-refractivity contribution < 1.29 is 23.2 Å². The van der Waals surface area contributed by atoms with Crippen LogP contribution < -0.4 is 5.32 Å². The summed E-state index contributed by atoms with van der Waals surface area (Å²) in [6.07, 6.45) is 2.16. The van der Waals surface area contributed by atoms with E-state index in [1.54, 1.807) is 29.2 Å². The van der Waals surface area contributed by atoms with Gasteiger partial charge in [0.25, 0.3) is 5.91 Å². The van der Waals surface area contributed by atoms with E-state index in [-0.39, 0.29) is 23.5 Å². The van der Waals surface area contributed by atoms with Gasteiger partial charge in [0, 0.05) is 13.1 Å². The topological polar surface area (TPSA) is 79.6 Å². The van der Waals surface area contributed by atoms with Gasteiger partial charge >= 0.3 is 0 Å². The van der Waals surface area contributed by atoms with Crippen LogP contribution in [0.3, 0.4) is 0 Å². The second-order valence-corrected chi connectivity index (χ2v) is 6.73. The van der Waals surface area contributed by atoms with E-state index in [0.717, 1.165) is 0 Å². The molecular formula is C19H17FN2O4. The molecule has 2 aromatic rings. The molecule has 1 unspecified atom stereocenters. The van der Waals surface area contributed by atoms with Crippen LogP contribution in [0.1, 0.15) is 34.9 Å². The van der Waals surface area contributed by atoms with Gasteiger partial charge in [-0.25, -0.2) is 4.39 Å². The number of likely N-dealkylation sites (tertiary alicyclic amines) is 1. The molecule has 134 valence electrons. The van der Waals surface area contributed by atoms with Crippen LogP contribution in [-0.4, -0.2) is 35.7 Å². The standard InChI is InChI=1S/C19H17FN2O4/c20-13-5-3-12(4-6-13)15-16(23)21-18(25)19(15)7-9-22(10-8-19)17(24)14-2-1-11-26-14/h1-6,11,15H,7-10H2,(H,21,23,25). The molecule has 1 aromatic carbocycles. The van der Waals surface area contributed by atoms with Crippen LogP contribution in [0.15, 0.2) is 47.1 Å². The zero-order valence-electron chi connectivity index (χ0n) is 13.9. The molecule has 3 amide bonds. The summed E-state index contributed by atoms with van der Waals surface area (Å²) in [6, 6.07) is 8.90. The molecule has 2 aliphatic heterocycles. The monoisotopic (exact) mass is 356 g/mol. The molecule has 1 atom stereocenters. The summed E-state index contributed by atoms with van der Waals surface area (Å²) in [6.45, 7) is 0.690. The van der Waals surface area contributed by atoms with Crippen LogP contribution in [0.25, 0.3) is 0 Å². The van der Waals surface area contributed by atoms with E-state index >= 15 is 0 Å². The van der Waals surface area contributed by atoms with Crippen LogP contribution in [0.5, 0.6) is 0 Å². The molecule has 0 bridgehead atoms. The Morgan fingerprint density at radius 3 is 2.46 bits per heavy atom. The van der Waals surface area contributed by atoms with E-state index in [1.807, 2.05) is 0 Å². The lowest BCUT2D eigenvalue weighted by atomic mass is 9.67. The maximum Gasteiger partial charge on any atom is 0.289 e. The number of carbonyl (C=O) groups is 3. The normalized spacial score (nSPS) is 21.9. The van der Waals surface area contributed by atoms with Gasteiger partial charge in [-0.05, 0) is 42.7 Å². The van der Waals surface area contributed by atoms with Crippen molar-refractivity contribution >= 4 is 17.7 Å². The van der Waals surface area contributed by atoms with Gasteiger partial charge in [-0.2, -0.15) is 0 Å². The van der Waals surface area contributed by atoms with Gasteiger partial charge in [0.1, 0.15) is 5.82 Å². The number of hydrogen-bond donors (Lipinski definition) is 1. The Morgan fingerprint density at radius 2 is 1.85 bits per heavy atom. The summed E-state index contributed by atoms with van der Waals surface area (Å²) in [7, 11) is 0. The fourth-order valence-electron chi connectivity index (χ4n) is 4.00. The number of furan rings is 1. The first-order valence-corrected chi connectivity index (χ1v) is 8.45. The summed E-state index contributed by atoms with van der Waals surface area (Å²) in [4.78, 5) is 39.1. The third-order valence-electron chi connectivity index (χ3n) is 5.38. The zero-order valence-corrected chi connectivity index (χ0v) is 13.9. The minimum absolute atomic E-state index is 0.229. The van der Waals surface area contributed by atoms with Gasteiger partial charge in [0.05, 0.1) is 17.6 Å². The lowest BCUT2D eigenvalue weighted by molar-refractivity contribution is -0.130. The maximum absolute atomic E-state index is 13.2. The fourth-order valence-corrected chi connectivity index (χ4v) is 4.00. The molecule has 3 heterocycles. The van der Waals surface area contributed by atoms with Crippen molar-refractivity contribution in [1.82, 2.24) is 10.2 Å². The Labute approximate surface area is 149 Å². The van der Waals surface area contributed by atoms with Crippen LogP contribution in [0.2, 0.25) is 0 Å². The molecule has 1 aromatic heterocycles. The van der Waals surface area contributed by atoms with Crippen LogP contribution >= 0.6 is 0 Å². The van der Waals surface area contributed by atoms with Crippen molar-refractivity contribution in [3.05, 3.63) is 59.8 Å². The number of hydrogen-bond acceptors (Lipinski definition) is 4. The Kier molecular flexibility index (Phi) is 3.86. The summed E-state index contributed by atoms with van der Waals surface area (Å²) in [5, 5.41) is 2.42. The van der Waals surface area contributed by atoms with Gasteiger partial charge in [0.2, 0.25) is 11.8 Å². The summed E-state index contributed by atoms with van der Waals surface area (Å²) >= 11 is 0. The first-order chi connectivity index (χ1) is 12.5. The molecule has 2 fully saturated rings. The number of imide groups is 1. The third kappa shape index (κ3) is 2.51. The second kappa shape index (κ2) is 6.09. The number of carbonyl (C=O) groups excluding carboxylic acids is 3. The van der Waals surface area contributed by atoms with Crippen molar-refractivity contribution in [3.8, 4) is 0 Å². The highest BCUT2D eigenvalue weighted by Gasteiger charge is 2.56. The summed E-state index contributed by atoms with van der Waals surface area (Å²) in [5.74, 6) is -1.73. The molecular weight excluding hydrogens is 339 g/mol. The maximum atomic E-state index is 13.2. The minimum Gasteiger partial charge on any atom is -0.459 e. The van der Waals surface area contributed by atoms with Crippen LogP contribution in [0, 0.1) is 11.2 Å². The third-order valence-corrected chi connectivity index (χ3v) is 5.38. The van der Waals surface area contributed by atoms with Crippen LogP contribution in [-0.2, 0) is 9.59 Å². The fraction of sp³-hybridized carbons (Fsp3) is 0.316. The first kappa shape index (κ1) is 16.5. The minimum atomic E-state index is -0.908. The Hall–Kier alpha value is -2.96. The molecule has 0 radical (unpaired) electrons. The molecule has 4 rings (SSSR count). The predicted octanol–water partition coefficient (Wildman–Crippen LogP) is 2.08. The van der Waals surface area contributed by atoms with E-state index in [4.69, 9.17) is 4.42 Å². The number of benzene rings is 1. The van der Waals surface area contributed by atoms with Gasteiger partial charge in [-0.3, -0.25) is 19.7 Å². The number of nitrogens with one attached hydrogen (secondary N) is 1. The van der Waals surface area contributed by atoms with E-state index in [1.165, 1.54) is 18.4 Å². The largest absolute Gasteiger partial charge is 0.459 e. The average Bonchev–Trinajstić information content (AvgIpc) is 3.25. The highest BCUT2D eigenvalue weighted by Crippen LogP contribution is 2.48. The number of amides is 3. The Morgan fingerprint density at radius 1 is 1.15 bits per heavy atom. The van der Waals surface area contributed by atoms with Crippen LogP contribution in [0.4, 0.5) is 4.39 Å². The van der Waals surface area contributed by atoms with E-state index < -0.39 is 17.2 Å². The zero-order chi connectivity index (χ0) is 18.3. The van der Waals surface area contributed by atoms with E-state index in [2.05, 4.69) is 5.32 Å².